The second-order valence-corrected chi connectivity index (χ2v) is 5.02. The van der Waals surface area contributed by atoms with E-state index in [0.717, 1.165) is 25.3 Å². The van der Waals surface area contributed by atoms with Gasteiger partial charge in [-0.1, -0.05) is 11.5 Å². The zero-order chi connectivity index (χ0) is 16.1. The molecule has 0 bridgehead atoms. The van der Waals surface area contributed by atoms with Gasteiger partial charge in [0.2, 0.25) is 0 Å². The lowest BCUT2D eigenvalue weighted by atomic mass is 10.1. The standard InChI is InChI=1S/C12H14N6O4/c13-16-15-11-3-1-2-10(11)14-7-8-4-5-9(17(19)20)6-12(8)18(21)22/h4-6,10-11,14H,1-3,7H2/t10-,11-/m1/s1. The van der Waals surface area contributed by atoms with Crippen LogP contribution >= 0.6 is 0 Å². The molecule has 0 aromatic heterocycles. The van der Waals surface area contributed by atoms with Gasteiger partial charge in [0.05, 0.1) is 22.0 Å². The Hall–Kier alpha value is -2.71. The van der Waals surface area contributed by atoms with Crippen molar-refractivity contribution in [2.45, 2.75) is 37.9 Å². The van der Waals surface area contributed by atoms with Gasteiger partial charge in [0.1, 0.15) is 0 Å². The van der Waals surface area contributed by atoms with Crippen LogP contribution in [0.15, 0.2) is 23.3 Å². The summed E-state index contributed by atoms with van der Waals surface area (Å²) in [6.45, 7) is 0.191. The Balaban J connectivity index is 2.14. The van der Waals surface area contributed by atoms with Crippen molar-refractivity contribution in [3.63, 3.8) is 0 Å². The summed E-state index contributed by atoms with van der Waals surface area (Å²) < 4.78 is 0. The lowest BCUT2D eigenvalue weighted by molar-refractivity contribution is -0.394. The molecule has 0 spiro atoms. The Kier molecular flexibility index (Phi) is 4.87. The average Bonchev–Trinajstić information content (AvgIpc) is 2.92. The van der Waals surface area contributed by atoms with Crippen molar-refractivity contribution in [3.05, 3.63) is 54.4 Å². The largest absolute Gasteiger partial charge is 0.309 e. The second-order valence-electron chi connectivity index (χ2n) is 5.02. The predicted octanol–water partition coefficient (Wildman–Crippen LogP) is 2.82. The molecule has 22 heavy (non-hydrogen) atoms. The van der Waals surface area contributed by atoms with Crippen LogP contribution in [-0.2, 0) is 6.54 Å². The lowest BCUT2D eigenvalue weighted by Gasteiger charge is -2.16. The summed E-state index contributed by atoms with van der Waals surface area (Å²) in [7, 11) is 0. The van der Waals surface area contributed by atoms with E-state index in [1.54, 1.807) is 0 Å². The molecule has 1 fully saturated rings. The van der Waals surface area contributed by atoms with Gasteiger partial charge in [0.25, 0.3) is 11.4 Å². The van der Waals surface area contributed by atoms with Gasteiger partial charge < -0.3 is 5.32 Å². The Bertz CT molecular complexity index is 643. The zero-order valence-electron chi connectivity index (χ0n) is 11.6. The summed E-state index contributed by atoms with van der Waals surface area (Å²) in [6, 6.07) is 3.37. The first-order chi connectivity index (χ1) is 10.5. The predicted molar refractivity (Wildman–Crippen MR) is 77.2 cm³/mol. The maximum absolute atomic E-state index is 11.0. The average molecular weight is 306 g/mol. The number of hydrogen-bond acceptors (Lipinski definition) is 6. The first kappa shape index (κ1) is 15.7. The minimum Gasteiger partial charge on any atom is -0.309 e. The Labute approximate surface area is 125 Å². The van der Waals surface area contributed by atoms with Crippen molar-refractivity contribution in [1.82, 2.24) is 5.32 Å². The summed E-state index contributed by atoms with van der Waals surface area (Å²) in [4.78, 5) is 23.2. The lowest BCUT2D eigenvalue weighted by Crippen LogP contribution is -2.34. The molecule has 0 aliphatic heterocycles. The Morgan fingerprint density at radius 3 is 2.73 bits per heavy atom. The normalized spacial score (nSPS) is 20.4. The van der Waals surface area contributed by atoms with Crippen LogP contribution in [0.1, 0.15) is 24.8 Å². The number of non-ortho nitro benzene ring substituents is 1. The number of nitrogens with zero attached hydrogens (tertiary/aromatic N) is 5. The van der Waals surface area contributed by atoms with Gasteiger partial charge in [-0.15, -0.1) is 0 Å². The van der Waals surface area contributed by atoms with Gasteiger partial charge in [-0.2, -0.15) is 0 Å². The van der Waals surface area contributed by atoms with Crippen LogP contribution in [0.3, 0.4) is 0 Å². The van der Waals surface area contributed by atoms with Gasteiger partial charge >= 0.3 is 0 Å². The van der Waals surface area contributed by atoms with Crippen LogP contribution < -0.4 is 5.32 Å². The molecule has 1 aromatic rings. The third-order valence-corrected chi connectivity index (χ3v) is 3.71. The van der Waals surface area contributed by atoms with Gasteiger partial charge in [0.15, 0.2) is 0 Å². The molecule has 116 valence electrons. The topological polar surface area (TPSA) is 147 Å². The van der Waals surface area contributed by atoms with Gasteiger partial charge in [0, 0.05) is 29.1 Å². The smallest absolute Gasteiger partial charge is 0.280 e. The van der Waals surface area contributed by atoms with Crippen LogP contribution in [0.25, 0.3) is 10.4 Å². The third kappa shape index (κ3) is 3.48. The molecule has 1 aliphatic carbocycles. The van der Waals surface area contributed by atoms with Gasteiger partial charge in [-0.3, -0.25) is 20.2 Å². The minimum absolute atomic E-state index is 0.0364. The monoisotopic (exact) mass is 306 g/mol. The molecule has 1 N–H and O–H groups in total. The van der Waals surface area contributed by atoms with E-state index in [2.05, 4.69) is 15.3 Å². The van der Waals surface area contributed by atoms with Crippen molar-refractivity contribution in [3.8, 4) is 0 Å². The van der Waals surface area contributed by atoms with Crippen molar-refractivity contribution >= 4 is 11.4 Å². The molecule has 1 saturated carbocycles. The molecule has 0 heterocycles. The number of nitro groups is 2. The summed E-state index contributed by atoms with van der Waals surface area (Å²) in [5.74, 6) is 0. The first-order valence-electron chi connectivity index (χ1n) is 6.72. The molecule has 0 saturated heterocycles. The molecule has 10 nitrogen and oxygen atoms in total. The van der Waals surface area contributed by atoms with Crippen LogP contribution in [0, 0.1) is 20.2 Å². The van der Waals surface area contributed by atoms with Crippen LogP contribution in [0.4, 0.5) is 11.4 Å². The maximum Gasteiger partial charge on any atom is 0.280 e. The highest BCUT2D eigenvalue weighted by Gasteiger charge is 2.27. The van der Waals surface area contributed by atoms with E-state index in [4.69, 9.17) is 5.53 Å². The van der Waals surface area contributed by atoms with E-state index < -0.39 is 9.85 Å². The molecule has 2 rings (SSSR count). The van der Waals surface area contributed by atoms with E-state index in [9.17, 15) is 20.2 Å². The number of nitro benzene ring substituents is 2. The van der Waals surface area contributed by atoms with Crippen LogP contribution in [0.2, 0.25) is 0 Å². The molecule has 0 unspecified atom stereocenters. The molecular formula is C12H14N6O4. The van der Waals surface area contributed by atoms with Crippen molar-refractivity contribution in [2.24, 2.45) is 5.11 Å². The summed E-state index contributed by atoms with van der Waals surface area (Å²) in [5.41, 5.74) is 8.26. The number of azide groups is 1. The third-order valence-electron chi connectivity index (χ3n) is 3.71. The van der Waals surface area contributed by atoms with E-state index in [-0.39, 0.29) is 30.0 Å². The molecule has 10 heteroatoms. The van der Waals surface area contributed by atoms with Crippen LogP contribution in [0.5, 0.6) is 0 Å². The van der Waals surface area contributed by atoms with Gasteiger partial charge in [-0.25, -0.2) is 0 Å². The van der Waals surface area contributed by atoms with Crippen molar-refractivity contribution in [1.29, 1.82) is 0 Å². The molecule has 0 radical (unpaired) electrons. The first-order valence-corrected chi connectivity index (χ1v) is 6.72. The summed E-state index contributed by atoms with van der Waals surface area (Å²) in [6.07, 6.45) is 2.53. The van der Waals surface area contributed by atoms with E-state index in [0.29, 0.717) is 5.56 Å². The number of hydrogen-bond donors (Lipinski definition) is 1. The number of nitrogens with one attached hydrogen (secondary N) is 1. The zero-order valence-corrected chi connectivity index (χ0v) is 11.6. The highest BCUT2D eigenvalue weighted by atomic mass is 16.6. The molecule has 0 amide bonds. The van der Waals surface area contributed by atoms with Gasteiger partial charge in [-0.05, 0) is 24.4 Å². The quantitative estimate of drug-likeness (QED) is 0.282. The highest BCUT2D eigenvalue weighted by molar-refractivity contribution is 5.49. The SMILES string of the molecule is [N-]=[N+]=N[C@@H]1CCC[C@H]1NCc1ccc([N+](=O)[O-])cc1[N+](=O)[O-]. The Morgan fingerprint density at radius 2 is 2.09 bits per heavy atom. The molecule has 1 aliphatic rings. The number of benzene rings is 1. The van der Waals surface area contributed by atoms with Crippen LogP contribution in [-0.4, -0.2) is 21.9 Å². The summed E-state index contributed by atoms with van der Waals surface area (Å²) in [5, 5.41) is 28.6. The molecule has 1 aromatic carbocycles. The number of rotatable bonds is 6. The summed E-state index contributed by atoms with van der Waals surface area (Å²) >= 11 is 0. The molecule has 2 atom stereocenters. The van der Waals surface area contributed by atoms with Crippen molar-refractivity contribution in [2.75, 3.05) is 0 Å². The Morgan fingerprint density at radius 1 is 1.32 bits per heavy atom. The fraction of sp³-hybridized carbons (Fsp3) is 0.500. The fourth-order valence-electron chi connectivity index (χ4n) is 2.61. The maximum atomic E-state index is 11.0. The second kappa shape index (κ2) is 6.83. The fourth-order valence-corrected chi connectivity index (χ4v) is 2.61. The van der Waals surface area contributed by atoms with E-state index in [1.165, 1.54) is 12.1 Å². The molecular weight excluding hydrogens is 292 g/mol. The highest BCUT2D eigenvalue weighted by Crippen LogP contribution is 2.26. The van der Waals surface area contributed by atoms with E-state index in [1.807, 2.05) is 0 Å². The van der Waals surface area contributed by atoms with E-state index >= 15 is 0 Å². The van der Waals surface area contributed by atoms with Crippen molar-refractivity contribution < 1.29 is 9.85 Å². The minimum atomic E-state index is -0.668.